The number of benzene rings is 2. The van der Waals surface area contributed by atoms with Gasteiger partial charge in [0.25, 0.3) is 5.91 Å². The van der Waals surface area contributed by atoms with Crippen molar-refractivity contribution < 1.29 is 27.5 Å². The van der Waals surface area contributed by atoms with Crippen LogP contribution in [0.2, 0.25) is 0 Å². The fraction of sp³-hybridized carbons (Fsp3) is 0.375. The molecule has 2 saturated carbocycles. The number of carbonyl (C=O) groups is 1. The van der Waals surface area contributed by atoms with Gasteiger partial charge >= 0.3 is 6.18 Å². The van der Waals surface area contributed by atoms with Gasteiger partial charge in [-0.3, -0.25) is 9.69 Å². The van der Waals surface area contributed by atoms with E-state index in [1.54, 1.807) is 23.7 Å². The van der Waals surface area contributed by atoms with Crippen LogP contribution in [0.1, 0.15) is 70.8 Å². The largest absolute Gasteiger partial charge is 0.416 e. The third-order valence-electron chi connectivity index (χ3n) is 8.82. The Hall–Kier alpha value is -4.16. The van der Waals surface area contributed by atoms with Crippen LogP contribution in [0.3, 0.4) is 0 Å². The van der Waals surface area contributed by atoms with Crippen molar-refractivity contribution in [2.24, 2.45) is 7.05 Å². The van der Waals surface area contributed by atoms with Crippen LogP contribution in [-0.4, -0.2) is 42.9 Å². The molecule has 2 fully saturated rings. The summed E-state index contributed by atoms with van der Waals surface area (Å²) in [6, 6.07) is 10.5. The van der Waals surface area contributed by atoms with E-state index in [1.165, 1.54) is 29.4 Å². The molecule has 7 rings (SSSR count). The van der Waals surface area contributed by atoms with Crippen LogP contribution < -0.4 is 10.2 Å². The first-order valence-electron chi connectivity index (χ1n) is 14.6. The van der Waals surface area contributed by atoms with Crippen LogP contribution in [0.15, 0.2) is 48.8 Å². The number of nitrogens with zero attached hydrogens (tertiary/aromatic N) is 5. The van der Waals surface area contributed by atoms with Gasteiger partial charge in [-0.25, -0.2) is 9.37 Å². The minimum atomic E-state index is -4.67. The Balaban J connectivity index is 1.27. The second-order valence-electron chi connectivity index (χ2n) is 12.1. The number of hydrogen-bond donors (Lipinski definition) is 2. The second-order valence-corrected chi connectivity index (χ2v) is 12.1. The summed E-state index contributed by atoms with van der Waals surface area (Å²) in [7, 11) is 1.74. The second kappa shape index (κ2) is 10.5. The first kappa shape index (κ1) is 28.6. The summed E-state index contributed by atoms with van der Waals surface area (Å²) in [4.78, 5) is 19.8. The monoisotopic (exact) mass is 606 g/mol. The number of alkyl halides is 3. The Morgan fingerprint density at radius 2 is 1.86 bits per heavy atom. The van der Waals surface area contributed by atoms with Crippen molar-refractivity contribution in [1.82, 2.24) is 25.1 Å². The fourth-order valence-electron chi connectivity index (χ4n) is 6.11. The van der Waals surface area contributed by atoms with Crippen molar-refractivity contribution in [3.05, 3.63) is 82.6 Å². The van der Waals surface area contributed by atoms with Gasteiger partial charge in [-0.05, 0) is 90.8 Å². The number of aryl methyl sites for hydroxylation is 1. The molecule has 3 heterocycles. The minimum absolute atomic E-state index is 0.0132. The van der Waals surface area contributed by atoms with Gasteiger partial charge in [0.15, 0.2) is 5.82 Å². The number of fused-ring (bicyclic) bond motifs is 1. The number of carbonyl (C=O) groups excluding carboxylic acids is 1. The van der Waals surface area contributed by atoms with Crippen molar-refractivity contribution in [2.45, 2.75) is 62.9 Å². The van der Waals surface area contributed by atoms with E-state index in [9.17, 15) is 27.5 Å². The molecule has 1 aliphatic heterocycles. The van der Waals surface area contributed by atoms with Crippen molar-refractivity contribution in [3.8, 4) is 22.5 Å². The SMILES string of the molecule is Cn1cnnc1-c1cc(F)ccc1-c1cc(C2CC2)nc(N2Cc3c(cc(CNCC4(O)CCC4)cc3C(F)(F)F)C2=O)c1. The maximum atomic E-state index is 14.4. The molecule has 2 aromatic heterocycles. The average molecular weight is 607 g/mol. The van der Waals surface area contributed by atoms with E-state index < -0.39 is 29.1 Å². The van der Waals surface area contributed by atoms with Gasteiger partial charge in [-0.15, -0.1) is 10.2 Å². The lowest BCUT2D eigenvalue weighted by Gasteiger charge is -2.36. The maximum Gasteiger partial charge on any atom is 0.416 e. The molecular formula is C32H30F4N6O2. The predicted molar refractivity (Wildman–Crippen MR) is 154 cm³/mol. The van der Waals surface area contributed by atoms with Crippen molar-refractivity contribution >= 4 is 11.7 Å². The van der Waals surface area contributed by atoms with Gasteiger partial charge < -0.3 is 15.0 Å². The van der Waals surface area contributed by atoms with Crippen LogP contribution in [0.4, 0.5) is 23.4 Å². The molecule has 3 aliphatic rings. The lowest BCUT2D eigenvalue weighted by atomic mass is 9.80. The molecule has 0 spiro atoms. The highest BCUT2D eigenvalue weighted by Crippen LogP contribution is 2.44. The third kappa shape index (κ3) is 5.26. The lowest BCUT2D eigenvalue weighted by molar-refractivity contribution is -0.138. The molecule has 2 aliphatic carbocycles. The molecule has 0 saturated heterocycles. The molecule has 0 unspecified atom stereocenters. The molecule has 2 aromatic carbocycles. The van der Waals surface area contributed by atoms with Crippen LogP contribution in [-0.2, 0) is 26.3 Å². The van der Waals surface area contributed by atoms with E-state index in [0.717, 1.165) is 31.0 Å². The predicted octanol–water partition coefficient (Wildman–Crippen LogP) is 5.74. The number of aliphatic hydroxyl groups is 1. The van der Waals surface area contributed by atoms with E-state index in [2.05, 4.69) is 15.5 Å². The molecule has 12 heteroatoms. The number of amides is 1. The quantitative estimate of drug-likeness (QED) is 0.248. The van der Waals surface area contributed by atoms with E-state index >= 15 is 0 Å². The van der Waals surface area contributed by atoms with E-state index in [1.807, 2.05) is 6.07 Å². The molecule has 44 heavy (non-hydrogen) atoms. The molecule has 1 amide bonds. The summed E-state index contributed by atoms with van der Waals surface area (Å²) in [6.07, 6.45) is 0.877. The molecule has 2 N–H and O–H groups in total. The van der Waals surface area contributed by atoms with Gasteiger partial charge in [0.2, 0.25) is 0 Å². The summed E-state index contributed by atoms with van der Waals surface area (Å²) < 4.78 is 59.0. The van der Waals surface area contributed by atoms with E-state index in [-0.39, 0.29) is 42.5 Å². The lowest BCUT2D eigenvalue weighted by Crippen LogP contribution is -2.46. The smallest absolute Gasteiger partial charge is 0.389 e. The Morgan fingerprint density at radius 1 is 1.07 bits per heavy atom. The highest BCUT2D eigenvalue weighted by atomic mass is 19.4. The zero-order valence-electron chi connectivity index (χ0n) is 24.0. The van der Waals surface area contributed by atoms with Gasteiger partial charge in [0.1, 0.15) is 18.0 Å². The Kier molecular flexibility index (Phi) is 6.81. The van der Waals surface area contributed by atoms with Crippen LogP contribution in [0.5, 0.6) is 0 Å². The van der Waals surface area contributed by atoms with Gasteiger partial charge in [0.05, 0.1) is 17.7 Å². The highest BCUT2D eigenvalue weighted by Gasteiger charge is 2.41. The maximum absolute atomic E-state index is 14.4. The zero-order chi connectivity index (χ0) is 30.8. The third-order valence-corrected chi connectivity index (χ3v) is 8.82. The summed E-state index contributed by atoms with van der Waals surface area (Å²) in [5, 5.41) is 21.5. The van der Waals surface area contributed by atoms with Gasteiger partial charge in [-0.2, -0.15) is 13.2 Å². The first-order chi connectivity index (χ1) is 21.0. The van der Waals surface area contributed by atoms with E-state index in [0.29, 0.717) is 40.9 Å². The fourth-order valence-corrected chi connectivity index (χ4v) is 6.11. The number of anilines is 1. The molecule has 228 valence electrons. The number of hydrogen-bond acceptors (Lipinski definition) is 6. The van der Waals surface area contributed by atoms with Gasteiger partial charge in [-0.1, -0.05) is 6.07 Å². The summed E-state index contributed by atoms with van der Waals surface area (Å²) in [5.74, 6) is -0.180. The molecule has 0 bridgehead atoms. The number of nitrogens with one attached hydrogen (secondary N) is 1. The Labute approximate surface area is 250 Å². The highest BCUT2D eigenvalue weighted by molar-refractivity contribution is 6.10. The average Bonchev–Trinajstić information content (AvgIpc) is 3.65. The zero-order valence-corrected chi connectivity index (χ0v) is 24.0. The molecular weight excluding hydrogens is 576 g/mol. The van der Waals surface area contributed by atoms with Crippen molar-refractivity contribution in [2.75, 3.05) is 11.4 Å². The molecule has 4 aromatic rings. The number of rotatable bonds is 8. The Morgan fingerprint density at radius 3 is 2.52 bits per heavy atom. The number of pyridine rings is 1. The minimum Gasteiger partial charge on any atom is -0.389 e. The summed E-state index contributed by atoms with van der Waals surface area (Å²) in [6.45, 7) is 0.0728. The van der Waals surface area contributed by atoms with Gasteiger partial charge in [0, 0.05) is 42.9 Å². The first-order valence-corrected chi connectivity index (χ1v) is 14.6. The standard InChI is InChI=1S/C32H30F4N6O2/c1-41-17-38-40-29(41)23-13-21(33)5-6-22(23)20-11-27(19-3-4-19)39-28(12-20)42-15-25-24(30(42)43)9-18(10-26(25)32(34,35)36)14-37-16-31(44)7-2-8-31/h5-6,9-13,17,19,37,44H,2-4,7-8,14-16H2,1H3. The van der Waals surface area contributed by atoms with Crippen LogP contribution >= 0.6 is 0 Å². The van der Waals surface area contributed by atoms with Crippen LogP contribution in [0, 0.1) is 5.82 Å². The molecule has 0 radical (unpaired) electrons. The summed E-state index contributed by atoms with van der Waals surface area (Å²) in [5.41, 5.74) is 1.02. The van der Waals surface area contributed by atoms with Crippen LogP contribution in [0.25, 0.3) is 22.5 Å². The summed E-state index contributed by atoms with van der Waals surface area (Å²) >= 11 is 0. The molecule has 8 nitrogen and oxygen atoms in total. The van der Waals surface area contributed by atoms with E-state index in [4.69, 9.17) is 4.98 Å². The van der Waals surface area contributed by atoms with Crippen molar-refractivity contribution in [1.29, 1.82) is 0 Å². The normalized spacial score (nSPS) is 17.6. The topological polar surface area (TPSA) is 96.2 Å². The van der Waals surface area contributed by atoms with Crippen molar-refractivity contribution in [3.63, 3.8) is 0 Å². The molecule has 0 atom stereocenters. The Bertz CT molecular complexity index is 1780. The number of halogens is 4. The number of aromatic nitrogens is 4.